The van der Waals surface area contributed by atoms with Crippen LogP contribution in [0.25, 0.3) is 0 Å². The minimum Gasteiger partial charge on any atom is -0.316 e. The van der Waals surface area contributed by atoms with Gasteiger partial charge < -0.3 is 5.32 Å². The molecule has 1 fully saturated rings. The molecular formula is C14H20Cl2N2O2S. The summed E-state index contributed by atoms with van der Waals surface area (Å²) in [5.74, 6) is 0.342. The summed E-state index contributed by atoms with van der Waals surface area (Å²) in [5.41, 5.74) is 0.673. The third-order valence-electron chi connectivity index (χ3n) is 3.90. The molecule has 0 bridgehead atoms. The van der Waals surface area contributed by atoms with E-state index in [-0.39, 0.29) is 16.0 Å². The van der Waals surface area contributed by atoms with E-state index in [0.717, 1.165) is 19.3 Å². The van der Waals surface area contributed by atoms with Crippen molar-refractivity contribution < 1.29 is 8.42 Å². The summed E-state index contributed by atoms with van der Waals surface area (Å²) < 4.78 is 27.9. The van der Waals surface area contributed by atoms with Gasteiger partial charge in [0.2, 0.25) is 10.0 Å². The van der Waals surface area contributed by atoms with Gasteiger partial charge in [0.1, 0.15) is 4.90 Å². The molecule has 118 valence electrons. The Labute approximate surface area is 136 Å². The Balaban J connectivity index is 2.35. The molecule has 0 spiro atoms. The van der Waals surface area contributed by atoms with Gasteiger partial charge in [0.15, 0.2) is 0 Å². The van der Waals surface area contributed by atoms with Crippen LogP contribution in [0.4, 0.5) is 0 Å². The van der Waals surface area contributed by atoms with E-state index in [0.29, 0.717) is 23.0 Å². The molecule has 2 atom stereocenters. The van der Waals surface area contributed by atoms with E-state index in [9.17, 15) is 8.42 Å². The lowest BCUT2D eigenvalue weighted by atomic mass is 10.1. The number of rotatable bonds is 5. The topological polar surface area (TPSA) is 58.2 Å². The fraction of sp³-hybridized carbons (Fsp3) is 0.571. The van der Waals surface area contributed by atoms with Crippen molar-refractivity contribution in [1.29, 1.82) is 0 Å². The quantitative estimate of drug-likeness (QED) is 0.857. The number of nitrogens with one attached hydrogen (secondary N) is 2. The Morgan fingerprint density at radius 3 is 2.57 bits per heavy atom. The van der Waals surface area contributed by atoms with Gasteiger partial charge in [0.25, 0.3) is 0 Å². The average Bonchev–Trinajstić information content (AvgIpc) is 2.78. The van der Waals surface area contributed by atoms with E-state index in [2.05, 4.69) is 17.0 Å². The largest absolute Gasteiger partial charge is 0.316 e. The number of hydrogen-bond acceptors (Lipinski definition) is 3. The molecule has 1 aliphatic rings. The smallest absolute Gasteiger partial charge is 0.242 e. The van der Waals surface area contributed by atoms with Crippen LogP contribution in [0.15, 0.2) is 17.0 Å². The minimum absolute atomic E-state index is 0.0298. The second kappa shape index (κ2) is 6.84. The van der Waals surface area contributed by atoms with E-state index >= 15 is 0 Å². The second-order valence-corrected chi connectivity index (χ2v) is 8.04. The maximum absolute atomic E-state index is 12.6. The van der Waals surface area contributed by atoms with Crippen molar-refractivity contribution in [3.63, 3.8) is 0 Å². The van der Waals surface area contributed by atoms with Crippen LogP contribution in [-0.4, -0.2) is 21.5 Å². The zero-order valence-corrected chi connectivity index (χ0v) is 14.4. The van der Waals surface area contributed by atoms with Gasteiger partial charge >= 0.3 is 0 Å². The molecule has 7 heteroatoms. The van der Waals surface area contributed by atoms with Crippen LogP contribution in [-0.2, 0) is 16.6 Å². The molecule has 0 amide bonds. The van der Waals surface area contributed by atoms with Crippen LogP contribution in [0.1, 0.15) is 31.7 Å². The number of benzene rings is 1. The summed E-state index contributed by atoms with van der Waals surface area (Å²) in [6, 6.07) is 3.06. The van der Waals surface area contributed by atoms with Gasteiger partial charge in [-0.2, -0.15) is 0 Å². The van der Waals surface area contributed by atoms with Gasteiger partial charge in [-0.25, -0.2) is 13.1 Å². The summed E-state index contributed by atoms with van der Waals surface area (Å²) in [6.45, 7) is 2.52. The van der Waals surface area contributed by atoms with E-state index in [1.807, 2.05) is 0 Å². The molecule has 0 aliphatic heterocycles. The summed E-state index contributed by atoms with van der Waals surface area (Å²) in [4.78, 5) is 0.0565. The maximum Gasteiger partial charge on any atom is 0.242 e. The Hall–Kier alpha value is -0.330. The first kappa shape index (κ1) is 17.0. The maximum atomic E-state index is 12.6. The lowest BCUT2D eigenvalue weighted by molar-refractivity contribution is 0.476. The van der Waals surface area contributed by atoms with Crippen molar-refractivity contribution in [2.75, 3.05) is 7.05 Å². The third-order valence-corrected chi connectivity index (χ3v) is 6.19. The van der Waals surface area contributed by atoms with Gasteiger partial charge in [-0.05, 0) is 43.5 Å². The Morgan fingerprint density at radius 2 is 2.00 bits per heavy atom. The Bertz CT molecular complexity index is 620. The van der Waals surface area contributed by atoms with Crippen LogP contribution >= 0.6 is 23.2 Å². The van der Waals surface area contributed by atoms with Crippen molar-refractivity contribution in [3.8, 4) is 0 Å². The van der Waals surface area contributed by atoms with Gasteiger partial charge in [0, 0.05) is 17.6 Å². The lowest BCUT2D eigenvalue weighted by Crippen LogP contribution is -2.36. The molecule has 2 rings (SSSR count). The van der Waals surface area contributed by atoms with Gasteiger partial charge in [-0.1, -0.05) is 36.5 Å². The third kappa shape index (κ3) is 3.90. The van der Waals surface area contributed by atoms with Crippen LogP contribution in [0.5, 0.6) is 0 Å². The van der Waals surface area contributed by atoms with Crippen molar-refractivity contribution in [3.05, 3.63) is 27.7 Å². The second-order valence-electron chi connectivity index (χ2n) is 5.54. The first-order valence-electron chi connectivity index (χ1n) is 7.00. The zero-order chi connectivity index (χ0) is 15.6. The summed E-state index contributed by atoms with van der Waals surface area (Å²) in [6.07, 6.45) is 2.95. The SMILES string of the molecule is CNCc1cc(Cl)cc(S(=O)(=O)NC2CCCC2C)c1Cl. The van der Waals surface area contributed by atoms with E-state index in [4.69, 9.17) is 23.2 Å². The fourth-order valence-electron chi connectivity index (χ4n) is 2.72. The van der Waals surface area contributed by atoms with Crippen LogP contribution in [0.3, 0.4) is 0 Å². The monoisotopic (exact) mass is 350 g/mol. The molecule has 1 aliphatic carbocycles. The first-order chi connectivity index (χ1) is 9.85. The summed E-state index contributed by atoms with van der Waals surface area (Å²) >= 11 is 12.3. The normalized spacial score (nSPS) is 22.7. The number of sulfonamides is 1. The fourth-order valence-corrected chi connectivity index (χ4v) is 5.03. The summed E-state index contributed by atoms with van der Waals surface area (Å²) in [7, 11) is -1.90. The predicted octanol–water partition coefficient (Wildman–Crippen LogP) is 3.18. The number of hydrogen-bond donors (Lipinski definition) is 2. The standard InChI is InChI=1S/C14H20Cl2N2O2S/c1-9-4-3-5-12(9)18-21(19,20)13-7-11(15)6-10(8-17-2)14(13)16/h6-7,9,12,17-18H,3-5,8H2,1-2H3. The van der Waals surface area contributed by atoms with Gasteiger partial charge in [0.05, 0.1) is 5.02 Å². The van der Waals surface area contributed by atoms with Crippen molar-refractivity contribution >= 4 is 33.2 Å². The highest BCUT2D eigenvalue weighted by atomic mass is 35.5. The van der Waals surface area contributed by atoms with Crippen molar-refractivity contribution in [2.45, 2.75) is 43.7 Å². The average molecular weight is 351 g/mol. The lowest BCUT2D eigenvalue weighted by Gasteiger charge is -2.19. The highest BCUT2D eigenvalue weighted by Gasteiger charge is 2.30. The van der Waals surface area contributed by atoms with E-state index < -0.39 is 10.0 Å². The van der Waals surface area contributed by atoms with Crippen molar-refractivity contribution in [1.82, 2.24) is 10.0 Å². The molecule has 0 radical (unpaired) electrons. The highest BCUT2D eigenvalue weighted by molar-refractivity contribution is 7.89. The van der Waals surface area contributed by atoms with Crippen LogP contribution < -0.4 is 10.0 Å². The summed E-state index contributed by atoms with van der Waals surface area (Å²) in [5, 5.41) is 3.55. The van der Waals surface area contributed by atoms with Crippen molar-refractivity contribution in [2.24, 2.45) is 5.92 Å². The molecule has 1 aromatic rings. The Kier molecular flexibility index (Phi) is 5.54. The molecule has 21 heavy (non-hydrogen) atoms. The molecule has 0 saturated heterocycles. The van der Waals surface area contributed by atoms with Gasteiger partial charge in [-0.3, -0.25) is 0 Å². The molecule has 2 N–H and O–H groups in total. The molecule has 1 saturated carbocycles. The zero-order valence-electron chi connectivity index (χ0n) is 12.1. The Morgan fingerprint density at radius 1 is 1.29 bits per heavy atom. The van der Waals surface area contributed by atoms with Crippen LogP contribution in [0.2, 0.25) is 10.0 Å². The van der Waals surface area contributed by atoms with E-state index in [1.54, 1.807) is 13.1 Å². The predicted molar refractivity (Wildman–Crippen MR) is 86.4 cm³/mol. The molecule has 4 nitrogen and oxygen atoms in total. The molecule has 2 unspecified atom stereocenters. The van der Waals surface area contributed by atoms with Crippen LogP contribution in [0, 0.1) is 5.92 Å². The molecule has 0 aromatic heterocycles. The number of halogens is 2. The minimum atomic E-state index is -3.66. The molecule has 1 aromatic carbocycles. The first-order valence-corrected chi connectivity index (χ1v) is 9.24. The van der Waals surface area contributed by atoms with Gasteiger partial charge in [-0.15, -0.1) is 0 Å². The molecule has 0 heterocycles. The molecular weight excluding hydrogens is 331 g/mol. The highest BCUT2D eigenvalue weighted by Crippen LogP contribution is 2.31. The van der Waals surface area contributed by atoms with E-state index in [1.165, 1.54) is 6.07 Å².